The summed E-state index contributed by atoms with van der Waals surface area (Å²) >= 11 is 6.79. The lowest BCUT2D eigenvalue weighted by Gasteiger charge is -2.12. The van der Waals surface area contributed by atoms with Gasteiger partial charge in [0, 0.05) is 21.7 Å². The van der Waals surface area contributed by atoms with Crippen LogP contribution in [0.5, 0.6) is 0 Å². The van der Waals surface area contributed by atoms with Crippen molar-refractivity contribution in [2.75, 3.05) is 5.32 Å². The summed E-state index contributed by atoms with van der Waals surface area (Å²) in [5, 5.41) is 2.75. The van der Waals surface area contributed by atoms with Gasteiger partial charge < -0.3 is 5.32 Å². The zero-order valence-corrected chi connectivity index (χ0v) is 12.6. The molecule has 0 fully saturated rings. The summed E-state index contributed by atoms with van der Waals surface area (Å²) in [5.74, 6) is -1.59. The van der Waals surface area contributed by atoms with E-state index in [2.05, 4.69) is 5.32 Å². The van der Waals surface area contributed by atoms with Crippen LogP contribution in [-0.4, -0.2) is 11.2 Å². The van der Waals surface area contributed by atoms with E-state index < -0.39 is 16.9 Å². The molecule has 2 aromatic carbocycles. The molecule has 110 valence electrons. The Balaban J connectivity index is 2.00. The number of halogens is 3. The molecule has 0 aliphatic carbocycles. The second-order valence-corrected chi connectivity index (χ2v) is 6.15. The minimum absolute atomic E-state index is 0.232. The molecule has 1 atom stereocenters. The molecule has 0 aliphatic heterocycles. The van der Waals surface area contributed by atoms with E-state index >= 15 is 0 Å². The lowest BCUT2D eigenvalue weighted by Crippen LogP contribution is -2.22. The number of thioether (sulfide) groups is 1. The monoisotopic (exact) mass is 327 g/mol. The molecule has 1 amide bonds. The zero-order valence-electron chi connectivity index (χ0n) is 11.1. The highest BCUT2D eigenvalue weighted by atomic mass is 35.5. The number of anilines is 1. The maximum atomic E-state index is 13.5. The number of amides is 1. The van der Waals surface area contributed by atoms with Gasteiger partial charge in [-0.3, -0.25) is 4.79 Å². The largest absolute Gasteiger partial charge is 0.325 e. The predicted octanol–water partition coefficient (Wildman–Crippen LogP) is 4.74. The van der Waals surface area contributed by atoms with Crippen LogP contribution in [0.3, 0.4) is 0 Å². The van der Waals surface area contributed by atoms with Crippen molar-refractivity contribution < 1.29 is 13.6 Å². The Morgan fingerprint density at radius 2 is 1.86 bits per heavy atom. The highest BCUT2D eigenvalue weighted by Gasteiger charge is 2.17. The number of hydrogen-bond acceptors (Lipinski definition) is 2. The van der Waals surface area contributed by atoms with E-state index in [9.17, 15) is 13.6 Å². The molecule has 6 heteroatoms. The minimum Gasteiger partial charge on any atom is -0.325 e. The predicted molar refractivity (Wildman–Crippen MR) is 81.8 cm³/mol. The van der Waals surface area contributed by atoms with Crippen molar-refractivity contribution in [2.24, 2.45) is 0 Å². The maximum absolute atomic E-state index is 13.5. The van der Waals surface area contributed by atoms with Crippen molar-refractivity contribution in [1.29, 1.82) is 0 Å². The smallest absolute Gasteiger partial charge is 0.237 e. The molecule has 0 heterocycles. The summed E-state index contributed by atoms with van der Waals surface area (Å²) in [6.45, 7) is 1.65. The third kappa shape index (κ3) is 4.44. The molecule has 2 nitrogen and oxygen atoms in total. The molecule has 0 radical (unpaired) electrons. The average Bonchev–Trinajstić information content (AvgIpc) is 2.44. The van der Waals surface area contributed by atoms with Gasteiger partial charge in [-0.25, -0.2) is 8.78 Å². The van der Waals surface area contributed by atoms with Crippen molar-refractivity contribution in [1.82, 2.24) is 0 Å². The van der Waals surface area contributed by atoms with E-state index in [0.29, 0.717) is 10.7 Å². The second-order valence-electron chi connectivity index (χ2n) is 4.33. The Hall–Kier alpha value is -1.59. The molecule has 0 saturated carbocycles. The van der Waals surface area contributed by atoms with Crippen LogP contribution in [0.15, 0.2) is 47.4 Å². The third-order valence-electron chi connectivity index (χ3n) is 2.68. The first-order valence-corrected chi connectivity index (χ1v) is 7.39. The second kappa shape index (κ2) is 6.91. The van der Waals surface area contributed by atoms with Crippen LogP contribution in [0, 0.1) is 11.6 Å². The van der Waals surface area contributed by atoms with Crippen LogP contribution < -0.4 is 5.32 Å². The van der Waals surface area contributed by atoms with Crippen LogP contribution in [0.1, 0.15) is 6.92 Å². The molecular formula is C15H12ClF2NOS. The van der Waals surface area contributed by atoms with E-state index in [1.165, 1.54) is 6.07 Å². The lowest BCUT2D eigenvalue weighted by molar-refractivity contribution is -0.115. The SMILES string of the molecule is CC(Sc1ccc(F)cc1F)C(=O)Nc1ccc(Cl)cc1. The van der Waals surface area contributed by atoms with Crippen molar-refractivity contribution in [3.05, 3.63) is 59.1 Å². The van der Waals surface area contributed by atoms with Gasteiger partial charge >= 0.3 is 0 Å². The molecule has 0 bridgehead atoms. The lowest BCUT2D eigenvalue weighted by atomic mass is 10.3. The highest BCUT2D eigenvalue weighted by Crippen LogP contribution is 2.27. The number of rotatable bonds is 4. The Morgan fingerprint density at radius 3 is 2.48 bits per heavy atom. The Morgan fingerprint density at radius 1 is 1.19 bits per heavy atom. The fourth-order valence-corrected chi connectivity index (χ4v) is 2.58. The molecule has 2 rings (SSSR count). The van der Waals surface area contributed by atoms with Crippen molar-refractivity contribution >= 4 is 35.0 Å². The molecule has 21 heavy (non-hydrogen) atoms. The van der Waals surface area contributed by atoms with Crippen LogP contribution in [0.25, 0.3) is 0 Å². The Kier molecular flexibility index (Phi) is 5.20. The molecule has 0 saturated heterocycles. The van der Waals surface area contributed by atoms with Crippen molar-refractivity contribution in [3.63, 3.8) is 0 Å². The van der Waals surface area contributed by atoms with Crippen LogP contribution in [0.2, 0.25) is 5.02 Å². The molecule has 0 spiro atoms. The number of benzene rings is 2. The quantitative estimate of drug-likeness (QED) is 0.822. The van der Waals surface area contributed by atoms with Gasteiger partial charge in [-0.15, -0.1) is 11.8 Å². The molecule has 1 unspecified atom stereocenters. The molecule has 0 aromatic heterocycles. The standard InChI is InChI=1S/C15H12ClF2NOS/c1-9(21-14-7-4-11(17)8-13(14)18)15(20)19-12-5-2-10(16)3-6-12/h2-9H,1H3,(H,19,20). The summed E-state index contributed by atoms with van der Waals surface area (Å²) in [6, 6.07) is 9.96. The number of carbonyl (C=O) groups excluding carboxylic acids is 1. The first-order chi connectivity index (χ1) is 9.95. The number of carbonyl (C=O) groups is 1. The van der Waals surface area contributed by atoms with Gasteiger partial charge in [-0.05, 0) is 43.3 Å². The van der Waals surface area contributed by atoms with Crippen LogP contribution >= 0.6 is 23.4 Å². The fraction of sp³-hybridized carbons (Fsp3) is 0.133. The Labute approximate surface area is 130 Å². The average molecular weight is 328 g/mol. The summed E-state index contributed by atoms with van der Waals surface area (Å²) in [7, 11) is 0. The van der Waals surface area contributed by atoms with E-state index in [-0.39, 0.29) is 10.8 Å². The number of nitrogens with one attached hydrogen (secondary N) is 1. The van der Waals surface area contributed by atoms with Crippen molar-refractivity contribution in [2.45, 2.75) is 17.1 Å². The van der Waals surface area contributed by atoms with Gasteiger partial charge in [-0.1, -0.05) is 11.6 Å². The van der Waals surface area contributed by atoms with Crippen molar-refractivity contribution in [3.8, 4) is 0 Å². The van der Waals surface area contributed by atoms with Gasteiger partial charge in [0.25, 0.3) is 0 Å². The van der Waals surface area contributed by atoms with Gasteiger partial charge in [0.15, 0.2) is 0 Å². The van der Waals surface area contributed by atoms with Gasteiger partial charge in [0.2, 0.25) is 5.91 Å². The Bertz CT molecular complexity index is 649. The third-order valence-corrected chi connectivity index (χ3v) is 4.08. The van der Waals surface area contributed by atoms with E-state index in [4.69, 9.17) is 11.6 Å². The normalized spacial score (nSPS) is 12.0. The van der Waals surface area contributed by atoms with E-state index in [0.717, 1.165) is 23.9 Å². The number of hydrogen-bond donors (Lipinski definition) is 1. The molecule has 0 aliphatic rings. The summed E-state index contributed by atoms with van der Waals surface area (Å²) in [4.78, 5) is 12.3. The van der Waals surface area contributed by atoms with Gasteiger partial charge in [-0.2, -0.15) is 0 Å². The van der Waals surface area contributed by atoms with E-state index in [1.807, 2.05) is 0 Å². The minimum atomic E-state index is -0.675. The first-order valence-electron chi connectivity index (χ1n) is 6.14. The molecular weight excluding hydrogens is 316 g/mol. The topological polar surface area (TPSA) is 29.1 Å². The van der Waals surface area contributed by atoms with Gasteiger partial charge in [0.05, 0.1) is 5.25 Å². The zero-order chi connectivity index (χ0) is 15.4. The highest BCUT2D eigenvalue weighted by molar-refractivity contribution is 8.00. The fourth-order valence-electron chi connectivity index (χ4n) is 1.59. The summed E-state index contributed by atoms with van der Waals surface area (Å²) in [5.41, 5.74) is 0.608. The summed E-state index contributed by atoms with van der Waals surface area (Å²) in [6.07, 6.45) is 0. The van der Waals surface area contributed by atoms with Crippen LogP contribution in [0.4, 0.5) is 14.5 Å². The molecule has 2 aromatic rings. The van der Waals surface area contributed by atoms with E-state index in [1.54, 1.807) is 31.2 Å². The first kappa shape index (κ1) is 15.8. The van der Waals surface area contributed by atoms with Gasteiger partial charge in [0.1, 0.15) is 11.6 Å². The molecule has 1 N–H and O–H groups in total. The maximum Gasteiger partial charge on any atom is 0.237 e. The van der Waals surface area contributed by atoms with Crippen LogP contribution in [-0.2, 0) is 4.79 Å². The summed E-state index contributed by atoms with van der Waals surface area (Å²) < 4.78 is 26.4.